The summed E-state index contributed by atoms with van der Waals surface area (Å²) >= 11 is 0. The highest BCUT2D eigenvalue weighted by atomic mass is 16.5. The highest BCUT2D eigenvalue weighted by Crippen LogP contribution is 2.02. The Labute approximate surface area is 158 Å². The van der Waals surface area contributed by atoms with Crippen molar-refractivity contribution >= 4 is 12.2 Å². The molecule has 0 saturated carbocycles. The van der Waals surface area contributed by atoms with Crippen LogP contribution in [-0.2, 0) is 7.05 Å². The molecule has 0 aliphatic carbocycles. The smallest absolute Gasteiger partial charge is 0.276 e. The third-order valence-corrected chi connectivity index (χ3v) is 4.08. The van der Waals surface area contributed by atoms with E-state index in [1.54, 1.807) is 17.7 Å². The van der Waals surface area contributed by atoms with Crippen molar-refractivity contribution in [3.8, 4) is 5.88 Å². The fraction of sp³-hybridized carbons (Fsp3) is 0.130. The number of nitrogens with zero attached hydrogens (tertiary/aromatic N) is 2. The molecule has 0 atom stereocenters. The van der Waals surface area contributed by atoms with Crippen LogP contribution in [0, 0.1) is 0 Å². The van der Waals surface area contributed by atoms with Crippen LogP contribution in [0.25, 0.3) is 12.2 Å². The predicted octanol–water partition coefficient (Wildman–Crippen LogP) is 2.39. The molecule has 4 heteroatoms. The first-order valence-corrected chi connectivity index (χ1v) is 8.83. The van der Waals surface area contributed by atoms with E-state index in [-0.39, 0.29) is 5.56 Å². The van der Waals surface area contributed by atoms with Gasteiger partial charge < -0.3 is 9.30 Å². The van der Waals surface area contributed by atoms with E-state index in [9.17, 15) is 4.79 Å². The second-order valence-electron chi connectivity index (χ2n) is 6.04. The summed E-state index contributed by atoms with van der Waals surface area (Å²) < 4.78 is 7.44. The number of allylic oxidation sites excluding steroid dienone is 1. The van der Waals surface area contributed by atoms with Crippen LogP contribution < -0.4 is 21.0 Å². The average molecular weight is 358 g/mol. The first kappa shape index (κ1) is 18.4. The fourth-order valence-electron chi connectivity index (χ4n) is 2.64. The summed E-state index contributed by atoms with van der Waals surface area (Å²) in [5.74, 6) is 0.432. The molecule has 0 fully saturated rings. The average Bonchev–Trinajstić information content (AvgIpc) is 2.70. The number of rotatable bonds is 5. The van der Waals surface area contributed by atoms with Crippen molar-refractivity contribution in [2.75, 3.05) is 6.61 Å². The summed E-state index contributed by atoms with van der Waals surface area (Å²) in [5, 5.41) is 0.991. The molecule has 3 rings (SSSR count). The van der Waals surface area contributed by atoms with Gasteiger partial charge in [-0.25, -0.2) is 4.98 Å². The normalized spacial score (nSPS) is 12.7. The van der Waals surface area contributed by atoms with Crippen LogP contribution in [-0.4, -0.2) is 16.2 Å². The molecule has 136 valence electrons. The SMILES string of the molecule is C/C=C/COc1n/c(=C\c2ccccc2)c(=O)n(C)/c1=C\c1ccccc1. The van der Waals surface area contributed by atoms with E-state index in [0.29, 0.717) is 23.2 Å². The summed E-state index contributed by atoms with van der Waals surface area (Å²) in [4.78, 5) is 17.4. The van der Waals surface area contributed by atoms with E-state index in [1.165, 1.54) is 0 Å². The highest BCUT2D eigenvalue weighted by molar-refractivity contribution is 5.51. The second kappa shape index (κ2) is 8.81. The third-order valence-electron chi connectivity index (χ3n) is 4.08. The number of benzene rings is 2. The monoisotopic (exact) mass is 358 g/mol. The van der Waals surface area contributed by atoms with Crippen LogP contribution >= 0.6 is 0 Å². The number of ether oxygens (including phenoxy) is 1. The second-order valence-corrected chi connectivity index (χ2v) is 6.04. The Morgan fingerprint density at radius 3 is 2.15 bits per heavy atom. The lowest BCUT2D eigenvalue weighted by Gasteiger charge is -2.08. The Balaban J connectivity index is 2.21. The van der Waals surface area contributed by atoms with E-state index < -0.39 is 0 Å². The molecule has 0 N–H and O–H groups in total. The minimum absolute atomic E-state index is 0.167. The van der Waals surface area contributed by atoms with E-state index >= 15 is 0 Å². The van der Waals surface area contributed by atoms with Gasteiger partial charge in [-0.05, 0) is 30.2 Å². The van der Waals surface area contributed by atoms with E-state index in [0.717, 1.165) is 11.1 Å². The van der Waals surface area contributed by atoms with Crippen molar-refractivity contribution in [3.05, 3.63) is 105 Å². The Morgan fingerprint density at radius 2 is 1.56 bits per heavy atom. The molecule has 0 amide bonds. The van der Waals surface area contributed by atoms with Gasteiger partial charge in [0.1, 0.15) is 17.3 Å². The van der Waals surface area contributed by atoms with Gasteiger partial charge in [-0.2, -0.15) is 0 Å². The molecular formula is C23H22N2O2. The number of hydrogen-bond donors (Lipinski definition) is 0. The highest BCUT2D eigenvalue weighted by Gasteiger charge is 2.07. The maximum Gasteiger partial charge on any atom is 0.276 e. The quantitative estimate of drug-likeness (QED) is 0.658. The van der Waals surface area contributed by atoms with Gasteiger partial charge in [-0.1, -0.05) is 72.8 Å². The molecule has 0 aliphatic heterocycles. The van der Waals surface area contributed by atoms with Gasteiger partial charge in [0.2, 0.25) is 5.88 Å². The first-order chi connectivity index (χ1) is 13.2. The maximum atomic E-state index is 12.8. The van der Waals surface area contributed by atoms with Gasteiger partial charge in [0.05, 0.1) is 0 Å². The van der Waals surface area contributed by atoms with E-state index in [1.807, 2.05) is 85.8 Å². The Bertz CT molecular complexity index is 1100. The van der Waals surface area contributed by atoms with Crippen molar-refractivity contribution in [2.24, 2.45) is 7.05 Å². The summed E-state index contributed by atoms with van der Waals surface area (Å²) in [6, 6.07) is 19.5. The molecule has 0 bridgehead atoms. The van der Waals surface area contributed by atoms with Crippen LogP contribution in [0.2, 0.25) is 0 Å². The van der Waals surface area contributed by atoms with Gasteiger partial charge in [0.15, 0.2) is 0 Å². The summed E-state index contributed by atoms with van der Waals surface area (Å²) in [6.07, 6.45) is 7.50. The molecular weight excluding hydrogens is 336 g/mol. The predicted molar refractivity (Wildman–Crippen MR) is 109 cm³/mol. The summed E-state index contributed by atoms with van der Waals surface area (Å²) in [7, 11) is 1.74. The summed E-state index contributed by atoms with van der Waals surface area (Å²) in [5.41, 5.74) is 1.73. The Hall–Kier alpha value is -3.40. The molecule has 4 nitrogen and oxygen atoms in total. The van der Waals surface area contributed by atoms with Crippen LogP contribution in [0.15, 0.2) is 77.6 Å². The lowest BCUT2D eigenvalue weighted by atomic mass is 10.2. The van der Waals surface area contributed by atoms with Crippen LogP contribution in [0.4, 0.5) is 0 Å². The molecule has 0 saturated heterocycles. The minimum atomic E-state index is -0.167. The zero-order chi connectivity index (χ0) is 19.1. The molecule has 0 radical (unpaired) electrons. The summed E-state index contributed by atoms with van der Waals surface area (Å²) in [6.45, 7) is 2.32. The van der Waals surface area contributed by atoms with Crippen molar-refractivity contribution in [1.82, 2.24) is 9.55 Å². The van der Waals surface area contributed by atoms with Gasteiger partial charge in [0, 0.05) is 7.05 Å². The molecule has 0 aliphatic rings. The fourth-order valence-corrected chi connectivity index (χ4v) is 2.64. The molecule has 3 aromatic rings. The molecule has 1 aromatic heterocycles. The largest absolute Gasteiger partial charge is 0.472 e. The van der Waals surface area contributed by atoms with E-state index in [4.69, 9.17) is 4.74 Å². The van der Waals surface area contributed by atoms with Gasteiger partial charge in [-0.15, -0.1) is 0 Å². The minimum Gasteiger partial charge on any atom is -0.472 e. The van der Waals surface area contributed by atoms with Crippen molar-refractivity contribution < 1.29 is 4.74 Å². The van der Waals surface area contributed by atoms with Gasteiger partial charge >= 0.3 is 0 Å². The number of hydrogen-bond acceptors (Lipinski definition) is 3. The van der Waals surface area contributed by atoms with Gasteiger partial charge in [0.25, 0.3) is 5.56 Å². The van der Waals surface area contributed by atoms with Crippen molar-refractivity contribution in [2.45, 2.75) is 6.92 Å². The lowest BCUT2D eigenvalue weighted by Crippen LogP contribution is -2.44. The van der Waals surface area contributed by atoms with Crippen molar-refractivity contribution in [3.63, 3.8) is 0 Å². The Morgan fingerprint density at radius 1 is 0.963 bits per heavy atom. The van der Waals surface area contributed by atoms with Crippen LogP contribution in [0.3, 0.4) is 0 Å². The standard InChI is InChI=1S/C23H22N2O2/c1-3-4-15-27-22-21(17-19-13-9-6-10-14-19)25(2)23(26)20(24-22)16-18-11-7-5-8-12-18/h3-14,16-17H,15H2,1-2H3/b4-3+,20-16-,21-17-. The Kier molecular flexibility index (Phi) is 6.00. The molecule has 0 spiro atoms. The lowest BCUT2D eigenvalue weighted by molar-refractivity contribution is 0.338. The van der Waals surface area contributed by atoms with Crippen LogP contribution in [0.5, 0.6) is 5.88 Å². The van der Waals surface area contributed by atoms with E-state index in [2.05, 4.69) is 4.98 Å². The molecule has 0 unspecified atom stereocenters. The number of aromatic nitrogens is 2. The molecule has 1 heterocycles. The van der Waals surface area contributed by atoms with Gasteiger partial charge in [-0.3, -0.25) is 4.79 Å². The zero-order valence-electron chi connectivity index (χ0n) is 15.5. The van der Waals surface area contributed by atoms with Crippen LogP contribution in [0.1, 0.15) is 18.1 Å². The zero-order valence-corrected chi connectivity index (χ0v) is 15.5. The first-order valence-electron chi connectivity index (χ1n) is 8.83. The molecule has 27 heavy (non-hydrogen) atoms. The third kappa shape index (κ3) is 4.61. The van der Waals surface area contributed by atoms with Crippen molar-refractivity contribution in [1.29, 1.82) is 0 Å². The maximum absolute atomic E-state index is 12.8. The molecule has 2 aromatic carbocycles. The topological polar surface area (TPSA) is 44.1 Å².